The van der Waals surface area contributed by atoms with Gasteiger partial charge in [0.1, 0.15) is 5.69 Å². The third-order valence-electron chi connectivity index (χ3n) is 3.23. The molecule has 0 aromatic heterocycles. The number of anilines is 1. The first-order valence-electron chi connectivity index (χ1n) is 7.45. The summed E-state index contributed by atoms with van der Waals surface area (Å²) in [5.41, 5.74) is 0.620. The normalized spacial score (nSPS) is 11.7. The summed E-state index contributed by atoms with van der Waals surface area (Å²) in [6.07, 6.45) is 1.67. The molecule has 25 heavy (non-hydrogen) atoms. The zero-order valence-corrected chi connectivity index (χ0v) is 13.4. The zero-order chi connectivity index (χ0) is 18.2. The van der Waals surface area contributed by atoms with Gasteiger partial charge in [-0.05, 0) is 24.6 Å². The number of carbonyl (C=O) groups excluding carboxylic acids is 2. The molecule has 1 N–H and O–H groups in total. The van der Waals surface area contributed by atoms with Crippen LogP contribution in [0.15, 0.2) is 60.7 Å². The first-order chi connectivity index (χ1) is 12.0. The van der Waals surface area contributed by atoms with Crippen LogP contribution in [0.5, 0.6) is 0 Å². The van der Waals surface area contributed by atoms with E-state index >= 15 is 0 Å². The molecule has 2 aromatic rings. The Morgan fingerprint density at radius 1 is 1.12 bits per heavy atom. The number of amides is 1. The van der Waals surface area contributed by atoms with Gasteiger partial charge >= 0.3 is 5.97 Å². The van der Waals surface area contributed by atoms with Gasteiger partial charge in [-0.25, -0.2) is 4.79 Å². The molecule has 0 unspecified atom stereocenters. The number of ether oxygens (including phenoxy) is 1. The number of nitro benzene ring substituents is 1. The lowest BCUT2D eigenvalue weighted by atomic mass is 10.2. The molecule has 7 nitrogen and oxygen atoms in total. The lowest BCUT2D eigenvalue weighted by Gasteiger charge is -2.12. The Kier molecular flexibility index (Phi) is 6.00. The second-order valence-corrected chi connectivity index (χ2v) is 5.09. The van der Waals surface area contributed by atoms with E-state index in [2.05, 4.69) is 5.32 Å². The maximum absolute atomic E-state index is 12.1. The van der Waals surface area contributed by atoms with Crippen molar-refractivity contribution in [2.45, 2.75) is 13.0 Å². The van der Waals surface area contributed by atoms with Crippen LogP contribution in [0, 0.1) is 10.1 Å². The van der Waals surface area contributed by atoms with Crippen molar-refractivity contribution >= 4 is 29.3 Å². The molecule has 128 valence electrons. The van der Waals surface area contributed by atoms with E-state index in [1.54, 1.807) is 12.1 Å². The molecule has 0 bridgehead atoms. The predicted octanol–water partition coefficient (Wildman–Crippen LogP) is 3.18. The first-order valence-corrected chi connectivity index (χ1v) is 7.45. The number of esters is 1. The topological polar surface area (TPSA) is 98.5 Å². The third kappa shape index (κ3) is 5.28. The summed E-state index contributed by atoms with van der Waals surface area (Å²) >= 11 is 0. The number of rotatable bonds is 6. The van der Waals surface area contributed by atoms with Crippen LogP contribution in [0.3, 0.4) is 0 Å². The van der Waals surface area contributed by atoms with E-state index in [9.17, 15) is 19.7 Å². The van der Waals surface area contributed by atoms with E-state index in [0.29, 0.717) is 0 Å². The number of nitrogens with one attached hydrogen (secondary N) is 1. The largest absolute Gasteiger partial charge is 0.449 e. The monoisotopic (exact) mass is 340 g/mol. The summed E-state index contributed by atoms with van der Waals surface area (Å²) in [7, 11) is 0. The lowest BCUT2D eigenvalue weighted by Crippen LogP contribution is -2.29. The Bertz CT molecular complexity index is 802. The maximum atomic E-state index is 12.1. The van der Waals surface area contributed by atoms with E-state index in [4.69, 9.17) is 4.74 Å². The zero-order valence-electron chi connectivity index (χ0n) is 13.4. The quantitative estimate of drug-likeness (QED) is 0.377. The van der Waals surface area contributed by atoms with Gasteiger partial charge in [-0.15, -0.1) is 0 Å². The average molecular weight is 340 g/mol. The van der Waals surface area contributed by atoms with Crippen LogP contribution in [0.4, 0.5) is 11.4 Å². The molecule has 0 heterocycles. The Morgan fingerprint density at radius 3 is 2.44 bits per heavy atom. The summed E-state index contributed by atoms with van der Waals surface area (Å²) in [4.78, 5) is 34.2. The highest BCUT2D eigenvalue weighted by Gasteiger charge is 2.20. The Morgan fingerprint density at radius 2 is 1.76 bits per heavy atom. The molecule has 0 saturated carbocycles. The van der Waals surface area contributed by atoms with Gasteiger partial charge in [-0.1, -0.05) is 42.5 Å². The molecule has 7 heteroatoms. The predicted molar refractivity (Wildman–Crippen MR) is 92.8 cm³/mol. The summed E-state index contributed by atoms with van der Waals surface area (Å²) in [5.74, 6) is -1.34. The molecule has 0 saturated heterocycles. The molecule has 2 aromatic carbocycles. The highest BCUT2D eigenvalue weighted by atomic mass is 16.6. The van der Waals surface area contributed by atoms with E-state index < -0.39 is 22.9 Å². The SMILES string of the molecule is C[C@@H](OC(=O)/C=C/c1ccccc1)C(=O)Nc1ccccc1[N+](=O)[O-]. The maximum Gasteiger partial charge on any atom is 0.331 e. The van der Waals surface area contributed by atoms with Gasteiger partial charge < -0.3 is 10.1 Å². The molecule has 0 spiro atoms. The van der Waals surface area contributed by atoms with Gasteiger partial charge in [0.2, 0.25) is 0 Å². The molecule has 0 aliphatic heterocycles. The third-order valence-corrected chi connectivity index (χ3v) is 3.23. The Labute approximate surface area is 144 Å². The van der Waals surface area contributed by atoms with Gasteiger partial charge in [-0.3, -0.25) is 14.9 Å². The van der Waals surface area contributed by atoms with Crippen molar-refractivity contribution in [1.82, 2.24) is 0 Å². The van der Waals surface area contributed by atoms with E-state index in [-0.39, 0.29) is 11.4 Å². The fraction of sp³-hybridized carbons (Fsp3) is 0.111. The molecule has 2 rings (SSSR count). The van der Waals surface area contributed by atoms with Crippen molar-refractivity contribution < 1.29 is 19.2 Å². The Balaban J connectivity index is 1.95. The standard InChI is InChI=1S/C18H16N2O5/c1-13(25-17(21)12-11-14-7-3-2-4-8-14)18(22)19-15-9-5-6-10-16(15)20(23)24/h2-13H,1H3,(H,19,22)/b12-11+/t13-/m1/s1. The highest BCUT2D eigenvalue weighted by molar-refractivity contribution is 5.98. The summed E-state index contributed by atoms with van der Waals surface area (Å²) < 4.78 is 5.00. The number of para-hydroxylation sites is 2. The van der Waals surface area contributed by atoms with Crippen molar-refractivity contribution in [2.75, 3.05) is 5.32 Å². The van der Waals surface area contributed by atoms with Crippen LogP contribution in [0.2, 0.25) is 0 Å². The molecule has 0 fully saturated rings. The minimum Gasteiger partial charge on any atom is -0.449 e. The minimum atomic E-state index is -1.10. The van der Waals surface area contributed by atoms with Crippen LogP contribution in [0.25, 0.3) is 6.08 Å². The number of hydrogen-bond donors (Lipinski definition) is 1. The van der Waals surface area contributed by atoms with Crippen molar-refractivity contribution in [1.29, 1.82) is 0 Å². The van der Waals surface area contributed by atoms with E-state index in [1.165, 1.54) is 31.2 Å². The van der Waals surface area contributed by atoms with Gasteiger partial charge in [0.15, 0.2) is 6.10 Å². The summed E-state index contributed by atoms with van der Waals surface area (Å²) in [5, 5.41) is 13.3. The molecule has 1 amide bonds. The fourth-order valence-corrected chi connectivity index (χ4v) is 1.97. The number of nitro groups is 1. The van der Waals surface area contributed by atoms with Crippen LogP contribution in [-0.4, -0.2) is 22.9 Å². The molecule has 0 aliphatic rings. The summed E-state index contributed by atoms with van der Waals surface area (Å²) in [6, 6.07) is 14.9. The molecule has 0 radical (unpaired) electrons. The fourth-order valence-electron chi connectivity index (χ4n) is 1.97. The number of benzene rings is 2. The van der Waals surface area contributed by atoms with Gasteiger partial charge in [0.05, 0.1) is 4.92 Å². The van der Waals surface area contributed by atoms with E-state index in [0.717, 1.165) is 5.56 Å². The van der Waals surface area contributed by atoms with Crippen molar-refractivity contribution in [3.05, 3.63) is 76.4 Å². The second kappa shape index (κ2) is 8.39. The summed E-state index contributed by atoms with van der Waals surface area (Å²) in [6.45, 7) is 1.39. The molecular weight excluding hydrogens is 324 g/mol. The van der Waals surface area contributed by atoms with Gasteiger partial charge in [-0.2, -0.15) is 0 Å². The molecule has 1 atom stereocenters. The van der Waals surface area contributed by atoms with Gasteiger partial charge in [0.25, 0.3) is 11.6 Å². The molecule has 0 aliphatic carbocycles. The van der Waals surface area contributed by atoms with Crippen LogP contribution in [-0.2, 0) is 14.3 Å². The number of nitrogens with zero attached hydrogens (tertiary/aromatic N) is 1. The van der Waals surface area contributed by atoms with Crippen molar-refractivity contribution in [3.63, 3.8) is 0 Å². The molecular formula is C18H16N2O5. The van der Waals surface area contributed by atoms with Gasteiger partial charge in [0, 0.05) is 12.1 Å². The number of hydrogen-bond acceptors (Lipinski definition) is 5. The van der Waals surface area contributed by atoms with Crippen LogP contribution >= 0.6 is 0 Å². The highest BCUT2D eigenvalue weighted by Crippen LogP contribution is 2.23. The Hall–Kier alpha value is -3.48. The van der Waals surface area contributed by atoms with Crippen molar-refractivity contribution in [2.24, 2.45) is 0 Å². The second-order valence-electron chi connectivity index (χ2n) is 5.09. The van der Waals surface area contributed by atoms with Crippen LogP contribution < -0.4 is 5.32 Å². The first kappa shape index (κ1) is 17.9. The van der Waals surface area contributed by atoms with Crippen LogP contribution in [0.1, 0.15) is 12.5 Å². The van der Waals surface area contributed by atoms with E-state index in [1.807, 2.05) is 30.3 Å². The minimum absolute atomic E-state index is 0.0419. The average Bonchev–Trinajstić information content (AvgIpc) is 2.61. The number of carbonyl (C=O) groups is 2. The smallest absolute Gasteiger partial charge is 0.331 e. The van der Waals surface area contributed by atoms with Crippen molar-refractivity contribution in [3.8, 4) is 0 Å². The lowest BCUT2D eigenvalue weighted by molar-refractivity contribution is -0.383.